The zero-order valence-corrected chi connectivity index (χ0v) is 10.2. The molecule has 0 atom stereocenters. The van der Waals surface area contributed by atoms with Gasteiger partial charge in [0.25, 0.3) is 0 Å². The minimum absolute atomic E-state index is 0.645. The molecule has 17 heavy (non-hydrogen) atoms. The van der Waals surface area contributed by atoms with Crippen LogP contribution in [0.4, 0.5) is 0 Å². The molecule has 0 aromatic carbocycles. The number of pyridine rings is 1. The van der Waals surface area contributed by atoms with Gasteiger partial charge >= 0.3 is 0 Å². The van der Waals surface area contributed by atoms with Crippen molar-refractivity contribution in [1.29, 1.82) is 0 Å². The Morgan fingerprint density at radius 2 is 2.24 bits per heavy atom. The van der Waals surface area contributed by atoms with Gasteiger partial charge in [-0.1, -0.05) is 13.8 Å². The molecule has 2 aromatic heterocycles. The maximum absolute atomic E-state index is 4.13. The summed E-state index contributed by atoms with van der Waals surface area (Å²) in [6.07, 6.45) is 6.81. The molecule has 2 heterocycles. The summed E-state index contributed by atoms with van der Waals surface area (Å²) >= 11 is 0. The van der Waals surface area contributed by atoms with Gasteiger partial charge in [-0.2, -0.15) is 5.10 Å². The maximum Gasteiger partial charge on any atom is 0.138 e. The fourth-order valence-electron chi connectivity index (χ4n) is 1.60. The first-order valence-electron chi connectivity index (χ1n) is 5.76. The van der Waals surface area contributed by atoms with Gasteiger partial charge in [0.05, 0.1) is 11.9 Å². The van der Waals surface area contributed by atoms with Crippen molar-refractivity contribution in [2.24, 2.45) is 5.92 Å². The van der Waals surface area contributed by atoms with Crippen molar-refractivity contribution in [3.8, 4) is 5.69 Å². The van der Waals surface area contributed by atoms with Crippen LogP contribution in [0.5, 0.6) is 0 Å². The second-order valence-electron chi connectivity index (χ2n) is 4.37. The minimum Gasteiger partial charge on any atom is -0.312 e. The number of hydrogen-bond donors (Lipinski definition) is 1. The third-order valence-electron chi connectivity index (χ3n) is 2.42. The summed E-state index contributed by atoms with van der Waals surface area (Å²) in [7, 11) is 0. The Morgan fingerprint density at radius 1 is 1.35 bits per heavy atom. The number of nitrogens with one attached hydrogen (secondary N) is 1. The highest BCUT2D eigenvalue weighted by molar-refractivity contribution is 5.36. The molecule has 0 amide bonds. The van der Waals surface area contributed by atoms with Gasteiger partial charge in [-0.3, -0.25) is 4.98 Å². The van der Waals surface area contributed by atoms with Crippen LogP contribution < -0.4 is 5.32 Å². The SMILES string of the molecule is CC(C)CNCc1ccncc1-n1cncn1. The van der Waals surface area contributed by atoms with Crippen molar-refractivity contribution in [3.63, 3.8) is 0 Å². The Hall–Kier alpha value is -1.75. The monoisotopic (exact) mass is 231 g/mol. The van der Waals surface area contributed by atoms with Crippen LogP contribution in [0.3, 0.4) is 0 Å². The summed E-state index contributed by atoms with van der Waals surface area (Å²) in [4.78, 5) is 8.08. The highest BCUT2D eigenvalue weighted by Crippen LogP contribution is 2.10. The van der Waals surface area contributed by atoms with E-state index >= 15 is 0 Å². The van der Waals surface area contributed by atoms with Gasteiger partial charge in [0, 0.05) is 12.7 Å². The Balaban J connectivity index is 2.11. The van der Waals surface area contributed by atoms with Gasteiger partial charge in [0.15, 0.2) is 0 Å². The lowest BCUT2D eigenvalue weighted by atomic mass is 10.2. The molecule has 0 unspecified atom stereocenters. The van der Waals surface area contributed by atoms with Crippen LogP contribution in [0, 0.1) is 5.92 Å². The first-order valence-corrected chi connectivity index (χ1v) is 5.76. The van der Waals surface area contributed by atoms with E-state index in [0.717, 1.165) is 18.8 Å². The van der Waals surface area contributed by atoms with E-state index in [1.54, 1.807) is 23.4 Å². The largest absolute Gasteiger partial charge is 0.312 e. The zero-order valence-electron chi connectivity index (χ0n) is 10.2. The number of nitrogens with zero attached hydrogens (tertiary/aromatic N) is 4. The van der Waals surface area contributed by atoms with Crippen molar-refractivity contribution >= 4 is 0 Å². The molecule has 2 aromatic rings. The molecule has 5 heteroatoms. The van der Waals surface area contributed by atoms with E-state index in [1.807, 2.05) is 6.07 Å². The lowest BCUT2D eigenvalue weighted by Gasteiger charge is -2.10. The molecule has 0 saturated heterocycles. The number of rotatable bonds is 5. The van der Waals surface area contributed by atoms with E-state index in [2.05, 4.69) is 34.2 Å². The van der Waals surface area contributed by atoms with Crippen molar-refractivity contribution < 1.29 is 0 Å². The van der Waals surface area contributed by atoms with Crippen LogP contribution in [-0.4, -0.2) is 26.3 Å². The topological polar surface area (TPSA) is 55.6 Å². The molecule has 0 spiro atoms. The third-order valence-corrected chi connectivity index (χ3v) is 2.42. The predicted molar refractivity (Wildman–Crippen MR) is 65.7 cm³/mol. The summed E-state index contributed by atoms with van der Waals surface area (Å²) < 4.78 is 1.74. The van der Waals surface area contributed by atoms with Crippen molar-refractivity contribution in [2.75, 3.05) is 6.54 Å². The molecule has 0 aliphatic heterocycles. The Bertz CT molecular complexity index is 450. The van der Waals surface area contributed by atoms with E-state index in [-0.39, 0.29) is 0 Å². The highest BCUT2D eigenvalue weighted by Gasteiger charge is 2.05. The minimum atomic E-state index is 0.645. The van der Waals surface area contributed by atoms with E-state index in [0.29, 0.717) is 5.92 Å². The van der Waals surface area contributed by atoms with Crippen molar-refractivity contribution in [3.05, 3.63) is 36.7 Å². The first-order chi connectivity index (χ1) is 8.27. The molecule has 90 valence electrons. The molecular formula is C12H17N5. The average Bonchev–Trinajstić information content (AvgIpc) is 2.82. The van der Waals surface area contributed by atoms with Crippen LogP contribution in [0.1, 0.15) is 19.4 Å². The van der Waals surface area contributed by atoms with Crippen LogP contribution >= 0.6 is 0 Å². The van der Waals surface area contributed by atoms with Crippen LogP contribution in [0.2, 0.25) is 0 Å². The van der Waals surface area contributed by atoms with E-state index in [4.69, 9.17) is 0 Å². The van der Waals surface area contributed by atoms with Crippen molar-refractivity contribution in [1.82, 2.24) is 25.1 Å². The number of hydrogen-bond acceptors (Lipinski definition) is 4. The summed E-state index contributed by atoms with van der Waals surface area (Å²) in [5.41, 5.74) is 2.15. The second kappa shape index (κ2) is 5.54. The summed E-state index contributed by atoms with van der Waals surface area (Å²) in [6, 6.07) is 2.00. The Morgan fingerprint density at radius 3 is 2.94 bits per heavy atom. The molecule has 0 fully saturated rings. The van der Waals surface area contributed by atoms with E-state index < -0.39 is 0 Å². The van der Waals surface area contributed by atoms with Gasteiger partial charge in [0.1, 0.15) is 12.7 Å². The quantitative estimate of drug-likeness (QED) is 0.845. The Labute approximate surface area is 101 Å². The molecular weight excluding hydrogens is 214 g/mol. The fourth-order valence-corrected chi connectivity index (χ4v) is 1.60. The van der Waals surface area contributed by atoms with Gasteiger partial charge in [-0.25, -0.2) is 9.67 Å². The van der Waals surface area contributed by atoms with Gasteiger partial charge in [-0.05, 0) is 24.1 Å². The zero-order chi connectivity index (χ0) is 12.1. The van der Waals surface area contributed by atoms with Gasteiger partial charge < -0.3 is 5.32 Å². The van der Waals surface area contributed by atoms with Gasteiger partial charge in [0.2, 0.25) is 0 Å². The molecule has 0 aliphatic rings. The molecule has 0 saturated carbocycles. The highest BCUT2D eigenvalue weighted by atomic mass is 15.3. The standard InChI is InChI=1S/C12H17N5/c1-10(2)5-14-6-11-3-4-13-7-12(11)17-9-15-8-16-17/h3-4,7-10,14H,5-6H2,1-2H3. The van der Waals surface area contributed by atoms with Crippen LogP contribution in [0.25, 0.3) is 5.69 Å². The Kier molecular flexibility index (Phi) is 3.82. The molecule has 1 N–H and O–H groups in total. The second-order valence-corrected chi connectivity index (χ2v) is 4.37. The summed E-state index contributed by atoms with van der Waals surface area (Å²) in [5.74, 6) is 0.645. The number of aromatic nitrogens is 4. The third kappa shape index (κ3) is 3.10. The molecule has 0 aliphatic carbocycles. The summed E-state index contributed by atoms with van der Waals surface area (Å²) in [6.45, 7) is 6.20. The lowest BCUT2D eigenvalue weighted by Crippen LogP contribution is -2.20. The van der Waals surface area contributed by atoms with Crippen LogP contribution in [0.15, 0.2) is 31.1 Å². The van der Waals surface area contributed by atoms with E-state index in [9.17, 15) is 0 Å². The molecule has 2 rings (SSSR count). The molecule has 0 radical (unpaired) electrons. The maximum atomic E-state index is 4.13. The van der Waals surface area contributed by atoms with Crippen molar-refractivity contribution in [2.45, 2.75) is 20.4 Å². The normalized spacial score (nSPS) is 11.0. The molecule has 5 nitrogen and oxygen atoms in total. The van der Waals surface area contributed by atoms with Crippen LogP contribution in [-0.2, 0) is 6.54 Å². The fraction of sp³-hybridized carbons (Fsp3) is 0.417. The summed E-state index contributed by atoms with van der Waals surface area (Å²) in [5, 5.41) is 7.54. The lowest BCUT2D eigenvalue weighted by molar-refractivity contribution is 0.551. The van der Waals surface area contributed by atoms with Gasteiger partial charge in [-0.15, -0.1) is 0 Å². The predicted octanol–water partition coefficient (Wildman–Crippen LogP) is 1.41. The average molecular weight is 231 g/mol. The van der Waals surface area contributed by atoms with E-state index in [1.165, 1.54) is 11.9 Å². The first kappa shape index (κ1) is 11.7. The molecule has 0 bridgehead atoms. The smallest absolute Gasteiger partial charge is 0.138 e.